The lowest BCUT2D eigenvalue weighted by molar-refractivity contribution is 0.0903. The Balaban J connectivity index is 2.27. The van der Waals surface area contributed by atoms with Gasteiger partial charge in [-0.15, -0.1) is 0 Å². The van der Waals surface area contributed by atoms with Crippen molar-refractivity contribution >= 4 is 16.7 Å². The second kappa shape index (κ2) is 5.02. The summed E-state index contributed by atoms with van der Waals surface area (Å²) in [4.78, 5) is 12.2. The summed E-state index contributed by atoms with van der Waals surface area (Å²) in [6.45, 7) is 5.74. The number of carbonyl (C=O) groups excluding carboxylic acids is 1. The maximum absolute atomic E-state index is 12.2. The van der Waals surface area contributed by atoms with Crippen LogP contribution >= 0.6 is 0 Å². The standard InChI is InChI=1S/C16H20N2O/c1-11(17)16(2,3)18-15(19)14-9-8-12-6-4-5-7-13(12)10-14/h4-11H,17H2,1-3H3,(H,18,19). The van der Waals surface area contributed by atoms with Crippen molar-refractivity contribution in [2.24, 2.45) is 5.73 Å². The molecule has 0 aliphatic heterocycles. The van der Waals surface area contributed by atoms with Crippen molar-refractivity contribution in [3.63, 3.8) is 0 Å². The summed E-state index contributed by atoms with van der Waals surface area (Å²) in [7, 11) is 0. The van der Waals surface area contributed by atoms with E-state index in [1.165, 1.54) is 0 Å². The van der Waals surface area contributed by atoms with Gasteiger partial charge in [-0.3, -0.25) is 4.79 Å². The molecule has 1 unspecified atom stereocenters. The van der Waals surface area contributed by atoms with E-state index >= 15 is 0 Å². The lowest BCUT2D eigenvalue weighted by atomic mass is 9.96. The Morgan fingerprint density at radius 3 is 2.42 bits per heavy atom. The fraction of sp³-hybridized carbons (Fsp3) is 0.312. The van der Waals surface area contributed by atoms with Crippen molar-refractivity contribution < 1.29 is 4.79 Å². The Morgan fingerprint density at radius 1 is 1.16 bits per heavy atom. The van der Waals surface area contributed by atoms with Crippen LogP contribution < -0.4 is 11.1 Å². The third-order valence-corrected chi connectivity index (χ3v) is 3.59. The van der Waals surface area contributed by atoms with Gasteiger partial charge >= 0.3 is 0 Å². The average Bonchev–Trinajstić information content (AvgIpc) is 2.37. The number of rotatable bonds is 3. The summed E-state index contributed by atoms with van der Waals surface area (Å²) < 4.78 is 0. The summed E-state index contributed by atoms with van der Waals surface area (Å²) in [6.07, 6.45) is 0. The molecular formula is C16H20N2O. The third kappa shape index (κ3) is 2.93. The van der Waals surface area contributed by atoms with Crippen LogP contribution in [0.1, 0.15) is 31.1 Å². The number of nitrogens with one attached hydrogen (secondary N) is 1. The maximum atomic E-state index is 12.2. The van der Waals surface area contributed by atoms with Crippen LogP contribution in [0.2, 0.25) is 0 Å². The Bertz CT molecular complexity index is 602. The lowest BCUT2D eigenvalue weighted by Crippen LogP contribution is -2.54. The zero-order chi connectivity index (χ0) is 14.0. The van der Waals surface area contributed by atoms with Crippen LogP contribution in [-0.2, 0) is 0 Å². The van der Waals surface area contributed by atoms with Gasteiger partial charge in [-0.1, -0.05) is 30.3 Å². The van der Waals surface area contributed by atoms with Gasteiger partial charge in [0.05, 0.1) is 0 Å². The summed E-state index contributed by atoms with van der Waals surface area (Å²) in [5.74, 6) is -0.0898. The monoisotopic (exact) mass is 256 g/mol. The number of hydrogen-bond acceptors (Lipinski definition) is 2. The normalized spacial score (nSPS) is 13.3. The van der Waals surface area contributed by atoms with Gasteiger partial charge in [0.15, 0.2) is 0 Å². The van der Waals surface area contributed by atoms with E-state index in [9.17, 15) is 4.79 Å². The number of amides is 1. The Labute approximate surface area is 113 Å². The van der Waals surface area contributed by atoms with Gasteiger partial charge < -0.3 is 11.1 Å². The molecule has 1 atom stereocenters. The summed E-state index contributed by atoms with van der Waals surface area (Å²) in [6, 6.07) is 13.6. The zero-order valence-electron chi connectivity index (χ0n) is 11.6. The van der Waals surface area contributed by atoms with E-state index in [1.807, 2.05) is 63.2 Å². The zero-order valence-corrected chi connectivity index (χ0v) is 11.6. The molecule has 0 fully saturated rings. The minimum atomic E-state index is -0.428. The summed E-state index contributed by atoms with van der Waals surface area (Å²) >= 11 is 0. The SMILES string of the molecule is CC(N)C(C)(C)NC(=O)c1ccc2ccccc2c1. The van der Waals surface area contributed by atoms with Crippen LogP contribution in [0.15, 0.2) is 42.5 Å². The molecule has 3 N–H and O–H groups in total. The smallest absolute Gasteiger partial charge is 0.251 e. The minimum Gasteiger partial charge on any atom is -0.346 e. The van der Waals surface area contributed by atoms with E-state index in [-0.39, 0.29) is 11.9 Å². The minimum absolute atomic E-state index is 0.0898. The Hall–Kier alpha value is -1.87. The molecule has 2 rings (SSSR count). The largest absolute Gasteiger partial charge is 0.346 e. The predicted molar refractivity (Wildman–Crippen MR) is 79.1 cm³/mol. The lowest BCUT2D eigenvalue weighted by Gasteiger charge is -2.30. The fourth-order valence-electron chi connectivity index (χ4n) is 1.81. The molecule has 0 saturated heterocycles. The molecule has 19 heavy (non-hydrogen) atoms. The van der Waals surface area contributed by atoms with Crippen LogP contribution in [0.4, 0.5) is 0 Å². The molecule has 0 radical (unpaired) electrons. The molecule has 0 saturated carbocycles. The van der Waals surface area contributed by atoms with E-state index < -0.39 is 5.54 Å². The second-order valence-electron chi connectivity index (χ2n) is 5.53. The van der Waals surface area contributed by atoms with Crippen molar-refractivity contribution in [1.82, 2.24) is 5.32 Å². The quantitative estimate of drug-likeness (QED) is 0.887. The highest BCUT2D eigenvalue weighted by atomic mass is 16.1. The first kappa shape index (κ1) is 13.6. The predicted octanol–water partition coefficient (Wildman–Crippen LogP) is 2.70. The van der Waals surface area contributed by atoms with Crippen LogP contribution in [-0.4, -0.2) is 17.5 Å². The van der Waals surface area contributed by atoms with Gasteiger partial charge in [0.25, 0.3) is 5.91 Å². The number of benzene rings is 2. The van der Waals surface area contributed by atoms with Gasteiger partial charge in [0, 0.05) is 17.1 Å². The van der Waals surface area contributed by atoms with E-state index in [4.69, 9.17) is 5.73 Å². The second-order valence-corrected chi connectivity index (χ2v) is 5.53. The van der Waals surface area contributed by atoms with Gasteiger partial charge in [-0.2, -0.15) is 0 Å². The summed E-state index contributed by atoms with van der Waals surface area (Å²) in [5.41, 5.74) is 6.10. The molecule has 0 aromatic heterocycles. The van der Waals surface area contributed by atoms with Crippen molar-refractivity contribution in [1.29, 1.82) is 0 Å². The van der Waals surface area contributed by atoms with Crippen LogP contribution in [0.3, 0.4) is 0 Å². The first-order chi connectivity index (χ1) is 8.90. The van der Waals surface area contributed by atoms with E-state index in [0.717, 1.165) is 10.8 Å². The van der Waals surface area contributed by atoms with Crippen molar-refractivity contribution in [3.8, 4) is 0 Å². The molecule has 100 valence electrons. The van der Waals surface area contributed by atoms with Crippen LogP contribution in [0, 0.1) is 0 Å². The van der Waals surface area contributed by atoms with Crippen molar-refractivity contribution in [2.75, 3.05) is 0 Å². The molecule has 0 bridgehead atoms. The van der Waals surface area contributed by atoms with E-state index in [0.29, 0.717) is 5.56 Å². The van der Waals surface area contributed by atoms with Gasteiger partial charge in [-0.25, -0.2) is 0 Å². The van der Waals surface area contributed by atoms with Gasteiger partial charge in [0.2, 0.25) is 0 Å². The molecule has 1 amide bonds. The highest BCUT2D eigenvalue weighted by Crippen LogP contribution is 2.16. The number of carbonyl (C=O) groups is 1. The van der Waals surface area contributed by atoms with Crippen molar-refractivity contribution in [2.45, 2.75) is 32.4 Å². The number of fused-ring (bicyclic) bond motifs is 1. The molecular weight excluding hydrogens is 236 g/mol. The third-order valence-electron chi connectivity index (χ3n) is 3.59. The first-order valence-electron chi connectivity index (χ1n) is 6.47. The Kier molecular flexibility index (Phi) is 3.58. The molecule has 0 heterocycles. The highest BCUT2D eigenvalue weighted by Gasteiger charge is 2.25. The van der Waals surface area contributed by atoms with Crippen molar-refractivity contribution in [3.05, 3.63) is 48.0 Å². The molecule has 0 aliphatic rings. The van der Waals surface area contributed by atoms with Crippen LogP contribution in [0.5, 0.6) is 0 Å². The average molecular weight is 256 g/mol. The molecule has 2 aromatic rings. The molecule has 0 spiro atoms. The van der Waals surface area contributed by atoms with Gasteiger partial charge in [-0.05, 0) is 43.7 Å². The number of nitrogens with two attached hydrogens (primary N) is 1. The topological polar surface area (TPSA) is 55.1 Å². The molecule has 0 aliphatic carbocycles. The molecule has 3 heteroatoms. The Morgan fingerprint density at radius 2 is 1.79 bits per heavy atom. The molecule has 2 aromatic carbocycles. The van der Waals surface area contributed by atoms with E-state index in [1.54, 1.807) is 0 Å². The van der Waals surface area contributed by atoms with Gasteiger partial charge in [0.1, 0.15) is 0 Å². The van der Waals surface area contributed by atoms with E-state index in [2.05, 4.69) is 5.32 Å². The fourth-order valence-corrected chi connectivity index (χ4v) is 1.81. The molecule has 3 nitrogen and oxygen atoms in total. The van der Waals surface area contributed by atoms with Crippen LogP contribution in [0.25, 0.3) is 10.8 Å². The number of hydrogen-bond donors (Lipinski definition) is 2. The first-order valence-corrected chi connectivity index (χ1v) is 6.47. The highest BCUT2D eigenvalue weighted by molar-refractivity contribution is 5.98. The maximum Gasteiger partial charge on any atom is 0.251 e. The summed E-state index contributed by atoms with van der Waals surface area (Å²) in [5, 5.41) is 5.17.